The van der Waals surface area contributed by atoms with Crippen molar-refractivity contribution in [3.05, 3.63) is 53.6 Å². The van der Waals surface area contributed by atoms with Crippen LogP contribution in [0.25, 0.3) is 0 Å². The molecule has 2 atom stereocenters. The van der Waals surface area contributed by atoms with Crippen LogP contribution in [0.2, 0.25) is 0 Å². The molecule has 6 heteroatoms. The van der Waals surface area contributed by atoms with Gasteiger partial charge in [0.15, 0.2) is 0 Å². The van der Waals surface area contributed by atoms with E-state index < -0.39 is 6.04 Å². The first-order valence-electron chi connectivity index (χ1n) is 8.28. The van der Waals surface area contributed by atoms with Crippen LogP contribution in [0.5, 0.6) is 11.5 Å². The third kappa shape index (κ3) is 4.52. The molecule has 26 heavy (non-hydrogen) atoms. The van der Waals surface area contributed by atoms with E-state index in [-0.39, 0.29) is 11.9 Å². The number of rotatable bonds is 7. The molecule has 2 N–H and O–H groups in total. The van der Waals surface area contributed by atoms with Crippen LogP contribution in [0.15, 0.2) is 42.5 Å². The van der Waals surface area contributed by atoms with E-state index in [0.29, 0.717) is 17.0 Å². The van der Waals surface area contributed by atoms with Crippen molar-refractivity contribution < 1.29 is 14.3 Å². The van der Waals surface area contributed by atoms with Crippen LogP contribution in [0, 0.1) is 11.3 Å². The summed E-state index contributed by atoms with van der Waals surface area (Å²) in [5, 5.41) is 15.2. The summed E-state index contributed by atoms with van der Waals surface area (Å²) in [7, 11) is 3.21. The molecular weight excluding hydrogens is 330 g/mol. The van der Waals surface area contributed by atoms with Gasteiger partial charge < -0.3 is 14.8 Å². The van der Waals surface area contributed by atoms with E-state index in [1.165, 1.54) is 0 Å². The number of amides is 1. The third-order valence-corrected chi connectivity index (χ3v) is 4.10. The number of nitrogens with zero attached hydrogens (tertiary/aromatic N) is 1. The molecule has 0 bridgehead atoms. The van der Waals surface area contributed by atoms with Gasteiger partial charge in [0, 0.05) is 11.6 Å². The van der Waals surface area contributed by atoms with Gasteiger partial charge in [0.1, 0.15) is 17.6 Å². The van der Waals surface area contributed by atoms with E-state index in [1.807, 2.05) is 25.1 Å². The van der Waals surface area contributed by atoms with Crippen molar-refractivity contribution in [2.24, 2.45) is 0 Å². The maximum atomic E-state index is 12.5. The molecule has 0 saturated carbocycles. The predicted molar refractivity (Wildman–Crippen MR) is 100 cm³/mol. The Morgan fingerprint density at radius 1 is 1.12 bits per heavy atom. The Kier molecular flexibility index (Phi) is 6.59. The van der Waals surface area contributed by atoms with E-state index >= 15 is 0 Å². The number of hydrogen-bond acceptors (Lipinski definition) is 5. The Morgan fingerprint density at radius 2 is 1.85 bits per heavy atom. The van der Waals surface area contributed by atoms with E-state index in [9.17, 15) is 4.79 Å². The number of para-hydroxylation sites is 1. The monoisotopic (exact) mass is 353 g/mol. The minimum atomic E-state index is -0.479. The predicted octanol–water partition coefficient (Wildman–Crippen LogP) is 3.25. The fraction of sp³-hybridized carbons (Fsp3) is 0.300. The molecule has 0 saturated heterocycles. The van der Waals surface area contributed by atoms with Gasteiger partial charge >= 0.3 is 0 Å². The number of benzene rings is 2. The molecule has 0 aliphatic heterocycles. The summed E-state index contributed by atoms with van der Waals surface area (Å²) in [6.45, 7) is 3.72. The maximum absolute atomic E-state index is 12.5. The van der Waals surface area contributed by atoms with Crippen molar-refractivity contribution >= 4 is 11.6 Å². The van der Waals surface area contributed by atoms with Gasteiger partial charge in [-0.1, -0.05) is 12.1 Å². The fourth-order valence-corrected chi connectivity index (χ4v) is 2.65. The molecule has 0 fully saturated rings. The van der Waals surface area contributed by atoms with Crippen molar-refractivity contribution in [3.8, 4) is 17.6 Å². The van der Waals surface area contributed by atoms with Crippen molar-refractivity contribution in [3.63, 3.8) is 0 Å². The van der Waals surface area contributed by atoms with E-state index in [2.05, 4.69) is 16.7 Å². The minimum absolute atomic E-state index is 0.146. The molecule has 0 radical (unpaired) electrons. The smallest absolute Gasteiger partial charge is 0.241 e. The number of methoxy groups -OCH3 is 2. The fourth-order valence-electron chi connectivity index (χ4n) is 2.65. The van der Waals surface area contributed by atoms with E-state index in [4.69, 9.17) is 14.7 Å². The number of nitrogens with one attached hydrogen (secondary N) is 2. The third-order valence-electron chi connectivity index (χ3n) is 4.10. The Balaban J connectivity index is 2.10. The van der Waals surface area contributed by atoms with Crippen LogP contribution in [0.3, 0.4) is 0 Å². The van der Waals surface area contributed by atoms with Crippen LogP contribution in [-0.4, -0.2) is 26.2 Å². The van der Waals surface area contributed by atoms with Crippen LogP contribution in [0.1, 0.15) is 31.0 Å². The summed E-state index contributed by atoms with van der Waals surface area (Å²) in [5.74, 6) is 1.21. The molecule has 0 spiro atoms. The zero-order chi connectivity index (χ0) is 19.1. The number of nitriles is 1. The van der Waals surface area contributed by atoms with Crippen molar-refractivity contribution in [2.75, 3.05) is 19.5 Å². The second-order valence-corrected chi connectivity index (χ2v) is 5.86. The lowest BCUT2D eigenvalue weighted by atomic mass is 10.1. The lowest BCUT2D eigenvalue weighted by Crippen LogP contribution is -2.39. The molecule has 2 aromatic rings. The first kappa shape index (κ1) is 19.3. The summed E-state index contributed by atoms with van der Waals surface area (Å²) >= 11 is 0. The molecule has 0 aliphatic carbocycles. The second-order valence-electron chi connectivity index (χ2n) is 5.86. The molecule has 0 aromatic heterocycles. The topological polar surface area (TPSA) is 83.4 Å². The average Bonchev–Trinajstić information content (AvgIpc) is 2.67. The highest BCUT2D eigenvalue weighted by molar-refractivity contribution is 5.95. The molecule has 2 aromatic carbocycles. The zero-order valence-corrected chi connectivity index (χ0v) is 15.4. The Morgan fingerprint density at radius 3 is 2.50 bits per heavy atom. The Hall–Kier alpha value is -3.04. The summed E-state index contributed by atoms with van der Waals surface area (Å²) in [6, 6.07) is 13.9. The lowest BCUT2D eigenvalue weighted by Gasteiger charge is -2.22. The molecule has 0 heterocycles. The van der Waals surface area contributed by atoms with Gasteiger partial charge in [0.05, 0.1) is 31.5 Å². The second kappa shape index (κ2) is 8.88. The van der Waals surface area contributed by atoms with Crippen molar-refractivity contribution in [1.82, 2.24) is 5.32 Å². The minimum Gasteiger partial charge on any atom is -0.497 e. The van der Waals surface area contributed by atoms with Gasteiger partial charge in [-0.25, -0.2) is 0 Å². The van der Waals surface area contributed by atoms with Gasteiger partial charge in [0.25, 0.3) is 0 Å². The molecule has 1 amide bonds. The molecule has 2 unspecified atom stereocenters. The summed E-state index contributed by atoms with van der Waals surface area (Å²) in [4.78, 5) is 12.5. The number of carbonyl (C=O) groups is 1. The van der Waals surface area contributed by atoms with Crippen LogP contribution in [0.4, 0.5) is 5.69 Å². The highest BCUT2D eigenvalue weighted by Crippen LogP contribution is 2.29. The Labute approximate surface area is 153 Å². The number of ether oxygens (including phenoxy) is 2. The molecule has 136 valence electrons. The average molecular weight is 353 g/mol. The van der Waals surface area contributed by atoms with E-state index in [1.54, 1.807) is 45.4 Å². The van der Waals surface area contributed by atoms with E-state index in [0.717, 1.165) is 11.3 Å². The van der Waals surface area contributed by atoms with Gasteiger partial charge in [-0.2, -0.15) is 5.26 Å². The normalized spacial score (nSPS) is 12.6. The number of carbonyl (C=O) groups excluding carboxylic acids is 1. The van der Waals surface area contributed by atoms with Crippen molar-refractivity contribution in [1.29, 1.82) is 5.26 Å². The number of hydrogen-bond donors (Lipinski definition) is 2. The lowest BCUT2D eigenvalue weighted by molar-refractivity contribution is -0.117. The highest BCUT2D eigenvalue weighted by atomic mass is 16.5. The molecular formula is C20H23N3O3. The summed E-state index contributed by atoms with van der Waals surface area (Å²) < 4.78 is 10.7. The first-order valence-corrected chi connectivity index (χ1v) is 8.28. The first-order chi connectivity index (χ1) is 12.5. The number of anilines is 1. The largest absolute Gasteiger partial charge is 0.497 e. The van der Waals surface area contributed by atoms with Crippen molar-refractivity contribution in [2.45, 2.75) is 25.9 Å². The van der Waals surface area contributed by atoms with Gasteiger partial charge in [-0.3, -0.25) is 10.1 Å². The van der Waals surface area contributed by atoms with Crippen LogP contribution < -0.4 is 20.1 Å². The molecule has 2 rings (SSSR count). The zero-order valence-electron chi connectivity index (χ0n) is 15.4. The summed E-state index contributed by atoms with van der Waals surface area (Å²) in [5.41, 5.74) is 1.82. The highest BCUT2D eigenvalue weighted by Gasteiger charge is 2.20. The van der Waals surface area contributed by atoms with Gasteiger partial charge in [-0.05, 0) is 44.2 Å². The molecule has 0 aliphatic rings. The maximum Gasteiger partial charge on any atom is 0.241 e. The molecule has 6 nitrogen and oxygen atoms in total. The SMILES string of the molecule is COc1ccc(OC)c(C(C)NC(C)C(=O)Nc2ccccc2C#N)c1. The standard InChI is InChI=1S/C20H23N3O3/c1-13(17-11-16(25-3)9-10-19(17)26-4)22-14(2)20(24)23-18-8-6-5-7-15(18)12-21/h5-11,13-14,22H,1-4H3,(H,23,24). The quantitative estimate of drug-likeness (QED) is 0.798. The summed E-state index contributed by atoms with van der Waals surface area (Å²) in [6.07, 6.45) is 0. The van der Waals surface area contributed by atoms with Crippen LogP contribution >= 0.6 is 0 Å². The Bertz CT molecular complexity index is 814. The van der Waals surface area contributed by atoms with Crippen LogP contribution in [-0.2, 0) is 4.79 Å². The van der Waals surface area contributed by atoms with Gasteiger partial charge in [0.2, 0.25) is 5.91 Å². The van der Waals surface area contributed by atoms with Gasteiger partial charge in [-0.15, -0.1) is 0 Å².